The summed E-state index contributed by atoms with van der Waals surface area (Å²) in [6.45, 7) is 8.63. The molecule has 0 atom stereocenters. The predicted molar refractivity (Wildman–Crippen MR) is 124 cm³/mol. The number of hydrogen-bond donors (Lipinski definition) is 0. The van der Waals surface area contributed by atoms with Crippen molar-refractivity contribution in [2.24, 2.45) is 0 Å². The van der Waals surface area contributed by atoms with Crippen molar-refractivity contribution in [1.82, 2.24) is 29.5 Å². The molecule has 5 heterocycles. The molecule has 160 valence electrons. The van der Waals surface area contributed by atoms with Crippen LogP contribution in [-0.4, -0.2) is 61.6 Å². The lowest BCUT2D eigenvalue weighted by Gasteiger charge is -2.34. The third-order valence-electron chi connectivity index (χ3n) is 5.57. The Kier molecular flexibility index (Phi) is 5.56. The maximum atomic E-state index is 13.4. The Morgan fingerprint density at radius 1 is 1.10 bits per heavy atom. The Morgan fingerprint density at radius 3 is 2.65 bits per heavy atom. The fourth-order valence-electron chi connectivity index (χ4n) is 4.00. The van der Waals surface area contributed by atoms with E-state index in [0.29, 0.717) is 25.2 Å². The first-order valence-corrected chi connectivity index (χ1v) is 12.1. The van der Waals surface area contributed by atoms with Crippen molar-refractivity contribution < 1.29 is 4.79 Å². The minimum Gasteiger partial charge on any atom is -0.336 e. The van der Waals surface area contributed by atoms with Gasteiger partial charge in [-0.15, -0.1) is 22.7 Å². The first-order chi connectivity index (χ1) is 15.1. The molecule has 9 heteroatoms. The van der Waals surface area contributed by atoms with Gasteiger partial charge in [-0.25, -0.2) is 14.6 Å². The molecule has 1 aliphatic rings. The predicted octanol–water partition coefficient (Wildman–Crippen LogP) is 3.57. The van der Waals surface area contributed by atoms with Gasteiger partial charge in [-0.1, -0.05) is 6.07 Å². The highest BCUT2D eigenvalue weighted by Gasteiger charge is 2.25. The normalized spacial score (nSPS) is 15.1. The lowest BCUT2D eigenvalue weighted by molar-refractivity contribution is 0.0629. The molecule has 0 radical (unpaired) electrons. The van der Waals surface area contributed by atoms with Crippen LogP contribution >= 0.6 is 22.7 Å². The number of amides is 1. The maximum absolute atomic E-state index is 13.4. The summed E-state index contributed by atoms with van der Waals surface area (Å²) in [7, 11) is 0. The smallest absolute Gasteiger partial charge is 0.254 e. The van der Waals surface area contributed by atoms with Crippen molar-refractivity contribution in [3.63, 3.8) is 0 Å². The number of rotatable bonds is 5. The molecule has 1 aliphatic heterocycles. The molecule has 0 bridgehead atoms. The average molecular weight is 453 g/mol. The number of carbonyl (C=O) groups excluding carboxylic acids is 1. The highest BCUT2D eigenvalue weighted by Crippen LogP contribution is 2.22. The minimum absolute atomic E-state index is 0.0651. The Bertz CT molecular complexity index is 1200. The molecule has 1 amide bonds. The highest BCUT2D eigenvalue weighted by atomic mass is 32.1. The Hall–Kier alpha value is -2.62. The molecule has 0 unspecified atom stereocenters. The lowest BCUT2D eigenvalue weighted by atomic mass is 10.1. The zero-order valence-corrected chi connectivity index (χ0v) is 19.2. The van der Waals surface area contributed by atoms with Crippen LogP contribution in [-0.2, 0) is 13.1 Å². The van der Waals surface area contributed by atoms with Gasteiger partial charge in [0.1, 0.15) is 0 Å². The van der Waals surface area contributed by atoms with Crippen molar-refractivity contribution in [3.8, 4) is 0 Å². The molecule has 0 aromatic carbocycles. The first kappa shape index (κ1) is 20.3. The van der Waals surface area contributed by atoms with Gasteiger partial charge in [0, 0.05) is 48.7 Å². The van der Waals surface area contributed by atoms with E-state index in [1.165, 1.54) is 4.88 Å². The van der Waals surface area contributed by atoms with E-state index in [1.807, 2.05) is 35.6 Å². The number of pyridine rings is 1. The Balaban J connectivity index is 1.32. The number of aryl methyl sites for hydroxylation is 2. The van der Waals surface area contributed by atoms with Gasteiger partial charge in [0.15, 0.2) is 5.65 Å². The monoisotopic (exact) mass is 452 g/mol. The van der Waals surface area contributed by atoms with Gasteiger partial charge in [-0.3, -0.25) is 9.69 Å². The summed E-state index contributed by atoms with van der Waals surface area (Å²) in [4.78, 5) is 28.2. The third kappa shape index (κ3) is 4.26. The van der Waals surface area contributed by atoms with Gasteiger partial charge in [-0.05, 0) is 31.4 Å². The molecule has 0 N–H and O–H groups in total. The second-order valence-corrected chi connectivity index (χ2v) is 9.95. The first-order valence-electron chi connectivity index (χ1n) is 10.3. The minimum atomic E-state index is 0.0651. The number of thiazole rings is 1. The van der Waals surface area contributed by atoms with E-state index in [4.69, 9.17) is 0 Å². The zero-order valence-electron chi connectivity index (χ0n) is 17.6. The summed E-state index contributed by atoms with van der Waals surface area (Å²) >= 11 is 3.38. The standard InChI is InChI=1S/C22H24N6OS2/c1-15-10-19(20-11-23-28(21(20)24-15)13-18-4-3-9-30-18)22(29)27-7-5-26(6-8-27)12-17-14-31-16(2)25-17/h3-4,9-11,14H,5-8,12-13H2,1-2H3. The molecule has 0 aliphatic carbocycles. The summed E-state index contributed by atoms with van der Waals surface area (Å²) in [6, 6.07) is 6.02. The van der Waals surface area contributed by atoms with Crippen LogP contribution in [0, 0.1) is 13.8 Å². The average Bonchev–Trinajstić information content (AvgIpc) is 3.51. The summed E-state index contributed by atoms with van der Waals surface area (Å²) in [5, 5.41) is 10.6. The van der Waals surface area contributed by atoms with Gasteiger partial charge >= 0.3 is 0 Å². The van der Waals surface area contributed by atoms with Crippen LogP contribution in [0.3, 0.4) is 0 Å². The summed E-state index contributed by atoms with van der Waals surface area (Å²) in [5.41, 5.74) is 3.42. The third-order valence-corrected chi connectivity index (χ3v) is 7.25. The molecular weight excluding hydrogens is 428 g/mol. The second kappa shape index (κ2) is 8.49. The number of piperazine rings is 1. The van der Waals surface area contributed by atoms with E-state index in [0.717, 1.165) is 47.1 Å². The molecule has 0 spiro atoms. The van der Waals surface area contributed by atoms with Gasteiger partial charge in [0.05, 0.1) is 34.4 Å². The summed E-state index contributed by atoms with van der Waals surface area (Å²) in [6.07, 6.45) is 1.78. The molecule has 0 saturated carbocycles. The quantitative estimate of drug-likeness (QED) is 0.463. The summed E-state index contributed by atoms with van der Waals surface area (Å²) < 4.78 is 1.89. The van der Waals surface area contributed by atoms with Crippen LogP contribution in [0.4, 0.5) is 0 Å². The van der Waals surface area contributed by atoms with E-state index < -0.39 is 0 Å². The van der Waals surface area contributed by atoms with Crippen molar-refractivity contribution in [1.29, 1.82) is 0 Å². The number of fused-ring (bicyclic) bond motifs is 1. The molecule has 4 aromatic rings. The molecule has 1 saturated heterocycles. The van der Waals surface area contributed by atoms with Crippen LogP contribution < -0.4 is 0 Å². The second-order valence-electron chi connectivity index (χ2n) is 7.86. The van der Waals surface area contributed by atoms with Crippen molar-refractivity contribution >= 4 is 39.6 Å². The lowest BCUT2D eigenvalue weighted by Crippen LogP contribution is -2.48. The number of hydrogen-bond acceptors (Lipinski definition) is 7. The van der Waals surface area contributed by atoms with Crippen LogP contribution in [0.25, 0.3) is 11.0 Å². The zero-order chi connectivity index (χ0) is 21.4. The van der Waals surface area contributed by atoms with Crippen molar-refractivity contribution in [2.45, 2.75) is 26.9 Å². The van der Waals surface area contributed by atoms with E-state index in [-0.39, 0.29) is 5.91 Å². The van der Waals surface area contributed by atoms with Crippen LogP contribution in [0.2, 0.25) is 0 Å². The van der Waals surface area contributed by atoms with E-state index >= 15 is 0 Å². The molecule has 31 heavy (non-hydrogen) atoms. The molecule has 7 nitrogen and oxygen atoms in total. The number of thiophene rings is 1. The Labute approximate surface area is 189 Å². The van der Waals surface area contributed by atoms with Gasteiger partial charge < -0.3 is 4.90 Å². The fraction of sp³-hybridized carbons (Fsp3) is 0.364. The van der Waals surface area contributed by atoms with Gasteiger partial charge in [-0.2, -0.15) is 5.10 Å². The number of nitrogens with zero attached hydrogens (tertiary/aromatic N) is 6. The van der Waals surface area contributed by atoms with E-state index in [9.17, 15) is 4.79 Å². The van der Waals surface area contributed by atoms with Crippen LogP contribution in [0.15, 0.2) is 35.2 Å². The van der Waals surface area contributed by atoms with Crippen molar-refractivity contribution in [2.75, 3.05) is 26.2 Å². The number of aromatic nitrogens is 4. The Morgan fingerprint density at radius 2 is 1.94 bits per heavy atom. The largest absolute Gasteiger partial charge is 0.336 e. The summed E-state index contributed by atoms with van der Waals surface area (Å²) in [5.74, 6) is 0.0651. The van der Waals surface area contributed by atoms with Crippen molar-refractivity contribution in [3.05, 3.63) is 62.0 Å². The van der Waals surface area contributed by atoms with Crippen LogP contribution in [0.1, 0.15) is 31.6 Å². The fourth-order valence-corrected chi connectivity index (χ4v) is 5.29. The molecule has 4 aromatic heterocycles. The topological polar surface area (TPSA) is 67.2 Å². The highest BCUT2D eigenvalue weighted by molar-refractivity contribution is 7.10. The van der Waals surface area contributed by atoms with Gasteiger partial charge in [0.25, 0.3) is 5.91 Å². The van der Waals surface area contributed by atoms with E-state index in [2.05, 4.69) is 36.8 Å². The van der Waals surface area contributed by atoms with E-state index in [1.54, 1.807) is 28.9 Å². The molecule has 5 rings (SSSR count). The number of carbonyl (C=O) groups is 1. The molecule has 1 fully saturated rings. The van der Waals surface area contributed by atoms with Gasteiger partial charge in [0.2, 0.25) is 0 Å². The van der Waals surface area contributed by atoms with Crippen LogP contribution in [0.5, 0.6) is 0 Å². The maximum Gasteiger partial charge on any atom is 0.254 e. The molecular formula is C22H24N6OS2. The SMILES string of the molecule is Cc1cc(C(=O)N2CCN(Cc3csc(C)n3)CC2)c2cnn(Cc3cccs3)c2n1.